The standard InChI is InChI=1S/C12H12N4O3S/c1-6-7(2)20-12(14-6)16-11(19)15-9-3-8(10(17)18)4-13-5-9/h3-5H,1-2H3,(H,17,18)(H2,14,15,16,19). The summed E-state index contributed by atoms with van der Waals surface area (Å²) >= 11 is 1.37. The maximum Gasteiger partial charge on any atom is 0.337 e. The molecule has 0 aliphatic carbocycles. The molecule has 20 heavy (non-hydrogen) atoms. The Bertz CT molecular complexity index is 649. The molecule has 0 aliphatic rings. The lowest BCUT2D eigenvalue weighted by atomic mass is 10.3. The summed E-state index contributed by atoms with van der Waals surface area (Å²) in [7, 11) is 0. The maximum atomic E-state index is 11.8. The Morgan fingerprint density at radius 2 is 2.00 bits per heavy atom. The summed E-state index contributed by atoms with van der Waals surface area (Å²) in [6.07, 6.45) is 2.57. The Balaban J connectivity index is 2.04. The van der Waals surface area contributed by atoms with Crippen molar-refractivity contribution in [2.75, 3.05) is 10.6 Å². The lowest BCUT2D eigenvalue weighted by molar-refractivity contribution is 0.0696. The number of rotatable bonds is 3. The van der Waals surface area contributed by atoms with E-state index in [2.05, 4.69) is 20.6 Å². The average molecular weight is 292 g/mol. The van der Waals surface area contributed by atoms with Crippen LogP contribution < -0.4 is 10.6 Å². The summed E-state index contributed by atoms with van der Waals surface area (Å²) < 4.78 is 0. The van der Waals surface area contributed by atoms with Gasteiger partial charge in [-0.2, -0.15) is 0 Å². The first-order valence-corrected chi connectivity index (χ1v) is 6.47. The van der Waals surface area contributed by atoms with E-state index in [-0.39, 0.29) is 5.56 Å². The van der Waals surface area contributed by atoms with Crippen molar-refractivity contribution >= 4 is 34.2 Å². The average Bonchev–Trinajstić information content (AvgIpc) is 2.68. The number of hydrogen-bond donors (Lipinski definition) is 3. The summed E-state index contributed by atoms with van der Waals surface area (Å²) in [4.78, 5) is 31.5. The lowest BCUT2D eigenvalue weighted by Crippen LogP contribution is -2.19. The van der Waals surface area contributed by atoms with Crippen LogP contribution in [0.1, 0.15) is 20.9 Å². The van der Waals surface area contributed by atoms with E-state index < -0.39 is 12.0 Å². The van der Waals surface area contributed by atoms with Crippen LogP contribution in [0.3, 0.4) is 0 Å². The van der Waals surface area contributed by atoms with Crippen molar-refractivity contribution in [3.05, 3.63) is 34.6 Å². The fourth-order valence-electron chi connectivity index (χ4n) is 1.41. The van der Waals surface area contributed by atoms with E-state index in [0.717, 1.165) is 10.6 Å². The van der Waals surface area contributed by atoms with Crippen molar-refractivity contribution in [2.24, 2.45) is 0 Å². The van der Waals surface area contributed by atoms with Crippen LogP contribution in [0, 0.1) is 13.8 Å². The van der Waals surface area contributed by atoms with E-state index >= 15 is 0 Å². The summed E-state index contributed by atoms with van der Waals surface area (Å²) in [5, 5.41) is 14.4. The fraction of sp³-hybridized carbons (Fsp3) is 0.167. The molecule has 104 valence electrons. The molecular weight excluding hydrogens is 280 g/mol. The molecule has 0 bridgehead atoms. The van der Waals surface area contributed by atoms with Gasteiger partial charge in [0.1, 0.15) is 0 Å². The Kier molecular flexibility index (Phi) is 3.94. The van der Waals surface area contributed by atoms with E-state index in [1.807, 2.05) is 13.8 Å². The largest absolute Gasteiger partial charge is 0.478 e. The monoisotopic (exact) mass is 292 g/mol. The number of hydrogen-bond acceptors (Lipinski definition) is 5. The highest BCUT2D eigenvalue weighted by Gasteiger charge is 2.09. The Hall–Kier alpha value is -2.48. The molecule has 0 unspecified atom stereocenters. The van der Waals surface area contributed by atoms with Gasteiger partial charge in [-0.05, 0) is 19.9 Å². The van der Waals surface area contributed by atoms with Gasteiger partial charge in [0.25, 0.3) is 0 Å². The van der Waals surface area contributed by atoms with Crippen LogP contribution in [0.4, 0.5) is 15.6 Å². The molecule has 0 atom stereocenters. The van der Waals surface area contributed by atoms with Gasteiger partial charge in [0, 0.05) is 11.1 Å². The van der Waals surface area contributed by atoms with E-state index in [1.165, 1.54) is 29.8 Å². The highest BCUT2D eigenvalue weighted by molar-refractivity contribution is 7.15. The zero-order chi connectivity index (χ0) is 14.7. The van der Waals surface area contributed by atoms with Gasteiger partial charge in [-0.25, -0.2) is 14.6 Å². The third-order valence-corrected chi connectivity index (χ3v) is 3.48. The highest BCUT2D eigenvalue weighted by Crippen LogP contribution is 2.21. The number of carboxylic acids is 1. The van der Waals surface area contributed by atoms with E-state index in [4.69, 9.17) is 5.11 Å². The van der Waals surface area contributed by atoms with E-state index in [1.54, 1.807) is 0 Å². The minimum Gasteiger partial charge on any atom is -0.478 e. The first-order chi connectivity index (χ1) is 9.45. The molecule has 0 saturated heterocycles. The van der Waals surface area contributed by atoms with Crippen LogP contribution in [0.25, 0.3) is 0 Å². The van der Waals surface area contributed by atoms with Crippen LogP contribution in [0.5, 0.6) is 0 Å². The van der Waals surface area contributed by atoms with E-state index in [0.29, 0.717) is 10.8 Å². The molecule has 2 heterocycles. The second kappa shape index (κ2) is 5.66. The second-order valence-electron chi connectivity index (χ2n) is 4.01. The molecule has 2 amide bonds. The van der Waals surface area contributed by atoms with Crippen molar-refractivity contribution in [3.8, 4) is 0 Å². The number of nitrogens with zero attached hydrogens (tertiary/aromatic N) is 2. The summed E-state index contributed by atoms with van der Waals surface area (Å²) in [6, 6.07) is 0.830. The molecule has 0 spiro atoms. The number of aryl methyl sites for hydroxylation is 2. The predicted molar refractivity (Wildman–Crippen MR) is 75.4 cm³/mol. The number of anilines is 2. The number of urea groups is 1. The van der Waals surface area contributed by atoms with Crippen LogP contribution >= 0.6 is 11.3 Å². The number of pyridine rings is 1. The summed E-state index contributed by atoms with van der Waals surface area (Å²) in [6.45, 7) is 3.77. The minimum atomic E-state index is -1.10. The fourth-order valence-corrected chi connectivity index (χ4v) is 2.22. The number of carbonyl (C=O) groups excluding carboxylic acids is 1. The molecule has 2 rings (SSSR count). The van der Waals surface area contributed by atoms with Crippen molar-refractivity contribution in [3.63, 3.8) is 0 Å². The predicted octanol–water partition coefficient (Wildman–Crippen LogP) is 2.50. The van der Waals surface area contributed by atoms with Crippen molar-refractivity contribution in [1.82, 2.24) is 9.97 Å². The normalized spacial score (nSPS) is 10.1. The quantitative estimate of drug-likeness (QED) is 0.806. The third-order valence-electron chi connectivity index (χ3n) is 2.49. The SMILES string of the molecule is Cc1nc(NC(=O)Nc2cncc(C(=O)O)c2)sc1C. The number of thiazole rings is 1. The zero-order valence-corrected chi connectivity index (χ0v) is 11.6. The number of carboxylic acid groups (broad SMARTS) is 1. The molecule has 0 aliphatic heterocycles. The maximum absolute atomic E-state index is 11.8. The van der Waals surface area contributed by atoms with Gasteiger partial charge in [0.2, 0.25) is 0 Å². The second-order valence-corrected chi connectivity index (χ2v) is 5.21. The van der Waals surface area contributed by atoms with Gasteiger partial charge in [-0.1, -0.05) is 0 Å². The molecule has 0 saturated carbocycles. The van der Waals surface area contributed by atoms with Gasteiger partial charge in [-0.3, -0.25) is 10.3 Å². The van der Waals surface area contributed by atoms with Gasteiger partial charge in [0.05, 0.1) is 23.1 Å². The molecular formula is C12H12N4O3S. The van der Waals surface area contributed by atoms with Gasteiger partial charge in [-0.15, -0.1) is 11.3 Å². The first kappa shape index (κ1) is 13.9. The third kappa shape index (κ3) is 3.29. The number of aromatic nitrogens is 2. The minimum absolute atomic E-state index is 0.00346. The number of nitrogens with one attached hydrogen (secondary N) is 2. The zero-order valence-electron chi connectivity index (χ0n) is 10.8. The van der Waals surface area contributed by atoms with Crippen LogP contribution in [0.2, 0.25) is 0 Å². The Morgan fingerprint density at radius 1 is 1.25 bits per heavy atom. The molecule has 2 aromatic heterocycles. The molecule has 8 heteroatoms. The molecule has 0 fully saturated rings. The number of carbonyl (C=O) groups is 2. The van der Waals surface area contributed by atoms with Crippen LogP contribution in [-0.2, 0) is 0 Å². The van der Waals surface area contributed by atoms with Gasteiger partial charge < -0.3 is 10.4 Å². The van der Waals surface area contributed by atoms with Crippen molar-refractivity contribution < 1.29 is 14.7 Å². The Morgan fingerprint density at radius 3 is 2.60 bits per heavy atom. The molecule has 7 nitrogen and oxygen atoms in total. The van der Waals surface area contributed by atoms with E-state index in [9.17, 15) is 9.59 Å². The smallest absolute Gasteiger partial charge is 0.337 e. The first-order valence-electron chi connectivity index (χ1n) is 5.66. The molecule has 3 N–H and O–H groups in total. The number of amides is 2. The van der Waals surface area contributed by atoms with Crippen molar-refractivity contribution in [1.29, 1.82) is 0 Å². The summed E-state index contributed by atoms with van der Waals surface area (Å²) in [5.74, 6) is -1.10. The molecule has 2 aromatic rings. The van der Waals surface area contributed by atoms with Crippen LogP contribution in [0.15, 0.2) is 18.5 Å². The highest BCUT2D eigenvalue weighted by atomic mass is 32.1. The van der Waals surface area contributed by atoms with Crippen LogP contribution in [-0.4, -0.2) is 27.1 Å². The lowest BCUT2D eigenvalue weighted by Gasteiger charge is -2.05. The number of aromatic carboxylic acids is 1. The van der Waals surface area contributed by atoms with Gasteiger partial charge >= 0.3 is 12.0 Å². The topological polar surface area (TPSA) is 104 Å². The molecule has 0 aromatic carbocycles. The van der Waals surface area contributed by atoms with Crippen molar-refractivity contribution in [2.45, 2.75) is 13.8 Å². The summed E-state index contributed by atoms with van der Waals surface area (Å²) in [5.41, 5.74) is 1.16. The Labute approximate surface area is 118 Å². The molecule has 0 radical (unpaired) electrons. The van der Waals surface area contributed by atoms with Gasteiger partial charge in [0.15, 0.2) is 5.13 Å².